The van der Waals surface area contributed by atoms with E-state index in [1.54, 1.807) is 14.2 Å². The molecule has 0 aliphatic carbocycles. The predicted octanol–water partition coefficient (Wildman–Crippen LogP) is 5.26. The summed E-state index contributed by atoms with van der Waals surface area (Å²) in [6.45, 7) is 0. The van der Waals surface area contributed by atoms with Crippen LogP contribution in [0.3, 0.4) is 0 Å². The molecule has 6 nitrogen and oxygen atoms in total. The van der Waals surface area contributed by atoms with Crippen molar-refractivity contribution in [3.63, 3.8) is 0 Å². The fourth-order valence-corrected chi connectivity index (χ4v) is 2.40. The third kappa shape index (κ3) is 4.70. The average Bonchev–Trinajstić information content (AvgIpc) is 2.75. The van der Waals surface area contributed by atoms with Crippen LogP contribution in [0.5, 0.6) is 11.5 Å². The standard InChI is InChI=1S/C21H20N4O2/c1-26-19-14-8-6-12-17(19)22-24-21(16-10-4-3-5-11-16)25-23-18-13-7-9-15-20(18)27-2/h3-15,22H,1-2H3. The zero-order valence-corrected chi connectivity index (χ0v) is 15.2. The molecule has 0 fully saturated rings. The fourth-order valence-electron chi connectivity index (χ4n) is 2.40. The van der Waals surface area contributed by atoms with Crippen LogP contribution in [0, 0.1) is 0 Å². The van der Waals surface area contributed by atoms with Gasteiger partial charge < -0.3 is 9.47 Å². The SMILES string of the molecule is COc1ccccc1N=NC(=NNc1ccccc1OC)c1ccccc1. The van der Waals surface area contributed by atoms with E-state index in [0.717, 1.165) is 11.3 Å². The minimum absolute atomic E-state index is 0.437. The molecule has 0 amide bonds. The second-order valence-corrected chi connectivity index (χ2v) is 5.49. The fraction of sp³-hybridized carbons (Fsp3) is 0.0952. The number of hydrogen-bond donors (Lipinski definition) is 1. The van der Waals surface area contributed by atoms with Crippen molar-refractivity contribution < 1.29 is 9.47 Å². The summed E-state index contributed by atoms with van der Waals surface area (Å²) in [5.41, 5.74) is 5.20. The maximum absolute atomic E-state index is 5.34. The first-order valence-electron chi connectivity index (χ1n) is 8.38. The van der Waals surface area contributed by atoms with E-state index in [0.29, 0.717) is 23.0 Å². The van der Waals surface area contributed by atoms with Gasteiger partial charge in [-0.15, -0.1) is 10.2 Å². The first kappa shape index (κ1) is 18.1. The van der Waals surface area contributed by atoms with Crippen LogP contribution in [0.4, 0.5) is 11.4 Å². The van der Waals surface area contributed by atoms with Crippen molar-refractivity contribution in [3.8, 4) is 11.5 Å². The van der Waals surface area contributed by atoms with Gasteiger partial charge in [-0.25, -0.2) is 0 Å². The van der Waals surface area contributed by atoms with E-state index in [2.05, 4.69) is 20.8 Å². The lowest BCUT2D eigenvalue weighted by Crippen LogP contribution is -2.02. The van der Waals surface area contributed by atoms with Crippen LogP contribution in [-0.4, -0.2) is 20.1 Å². The summed E-state index contributed by atoms with van der Waals surface area (Å²) < 4.78 is 10.7. The van der Waals surface area contributed by atoms with Crippen molar-refractivity contribution >= 4 is 17.2 Å². The van der Waals surface area contributed by atoms with Gasteiger partial charge in [0.1, 0.15) is 17.2 Å². The summed E-state index contributed by atoms with van der Waals surface area (Å²) in [5.74, 6) is 1.77. The number of rotatable bonds is 6. The van der Waals surface area contributed by atoms with Crippen LogP contribution in [0.1, 0.15) is 5.56 Å². The normalized spacial score (nSPS) is 11.4. The summed E-state index contributed by atoms with van der Waals surface area (Å²) in [6.07, 6.45) is 0. The van der Waals surface area contributed by atoms with Gasteiger partial charge in [0.05, 0.1) is 19.9 Å². The Morgan fingerprint density at radius 2 is 1.37 bits per heavy atom. The Morgan fingerprint density at radius 1 is 0.741 bits per heavy atom. The number of hydrogen-bond acceptors (Lipinski definition) is 5. The minimum Gasteiger partial charge on any atom is -0.495 e. The molecule has 0 aliphatic heterocycles. The molecule has 0 heterocycles. The van der Waals surface area contributed by atoms with Crippen molar-refractivity contribution in [3.05, 3.63) is 84.4 Å². The van der Waals surface area contributed by atoms with Gasteiger partial charge in [-0.05, 0) is 24.3 Å². The van der Waals surface area contributed by atoms with Gasteiger partial charge in [-0.2, -0.15) is 5.10 Å². The molecule has 136 valence electrons. The maximum atomic E-state index is 5.34. The summed E-state index contributed by atoms with van der Waals surface area (Å²) in [6, 6.07) is 24.6. The van der Waals surface area contributed by atoms with E-state index < -0.39 is 0 Å². The number of nitrogens with one attached hydrogen (secondary N) is 1. The zero-order valence-electron chi connectivity index (χ0n) is 15.2. The minimum atomic E-state index is 0.437. The molecule has 0 spiro atoms. The third-order valence-corrected chi connectivity index (χ3v) is 3.76. The first-order valence-corrected chi connectivity index (χ1v) is 8.38. The molecule has 0 aromatic heterocycles. The number of hydrazone groups is 1. The lowest BCUT2D eigenvalue weighted by atomic mass is 10.2. The number of nitrogens with zero attached hydrogens (tertiary/aromatic N) is 3. The van der Waals surface area contributed by atoms with Crippen LogP contribution in [0.15, 0.2) is 94.2 Å². The predicted molar refractivity (Wildman–Crippen MR) is 107 cm³/mol. The second-order valence-electron chi connectivity index (χ2n) is 5.49. The highest BCUT2D eigenvalue weighted by Gasteiger charge is 2.06. The van der Waals surface area contributed by atoms with E-state index in [-0.39, 0.29) is 0 Å². The summed E-state index contributed by atoms with van der Waals surface area (Å²) >= 11 is 0. The van der Waals surface area contributed by atoms with E-state index in [1.807, 2.05) is 78.9 Å². The molecule has 0 unspecified atom stereocenters. The van der Waals surface area contributed by atoms with E-state index in [1.165, 1.54) is 0 Å². The molecule has 0 saturated heterocycles. The van der Waals surface area contributed by atoms with Gasteiger partial charge in [0, 0.05) is 5.56 Å². The summed E-state index contributed by atoms with van der Waals surface area (Å²) in [7, 11) is 3.22. The quantitative estimate of drug-likeness (QED) is 0.282. The molecular weight excluding hydrogens is 340 g/mol. The number of benzene rings is 3. The van der Waals surface area contributed by atoms with Crippen molar-refractivity contribution in [1.82, 2.24) is 0 Å². The molecule has 3 aromatic carbocycles. The van der Waals surface area contributed by atoms with Crippen molar-refractivity contribution in [2.45, 2.75) is 0 Å². The Morgan fingerprint density at radius 3 is 2.11 bits per heavy atom. The zero-order chi connectivity index (χ0) is 18.9. The van der Waals surface area contributed by atoms with Crippen LogP contribution >= 0.6 is 0 Å². The van der Waals surface area contributed by atoms with Crippen LogP contribution < -0.4 is 14.9 Å². The summed E-state index contributed by atoms with van der Waals surface area (Å²) in [4.78, 5) is 0. The van der Waals surface area contributed by atoms with Crippen LogP contribution in [0.25, 0.3) is 0 Å². The van der Waals surface area contributed by atoms with Gasteiger partial charge in [-0.1, -0.05) is 54.6 Å². The van der Waals surface area contributed by atoms with E-state index >= 15 is 0 Å². The first-order chi connectivity index (χ1) is 13.3. The van der Waals surface area contributed by atoms with Gasteiger partial charge in [-0.3, -0.25) is 5.43 Å². The molecule has 0 saturated carbocycles. The lowest BCUT2D eigenvalue weighted by molar-refractivity contribution is 0.416. The topological polar surface area (TPSA) is 67.6 Å². The highest BCUT2D eigenvalue weighted by atomic mass is 16.5. The Bertz CT molecular complexity index is 940. The van der Waals surface area contributed by atoms with Gasteiger partial charge in [0.2, 0.25) is 5.84 Å². The molecule has 0 aliphatic rings. The maximum Gasteiger partial charge on any atom is 0.201 e. The Hall–Kier alpha value is -3.67. The number of methoxy groups -OCH3 is 2. The molecule has 0 atom stereocenters. The van der Waals surface area contributed by atoms with Crippen LogP contribution in [0.2, 0.25) is 0 Å². The molecule has 1 N–H and O–H groups in total. The largest absolute Gasteiger partial charge is 0.495 e. The Balaban J connectivity index is 1.93. The number of ether oxygens (including phenoxy) is 2. The number of amidine groups is 1. The van der Waals surface area contributed by atoms with Gasteiger partial charge in [0.25, 0.3) is 0 Å². The molecule has 3 aromatic rings. The molecule has 0 bridgehead atoms. The number of anilines is 1. The monoisotopic (exact) mass is 360 g/mol. The van der Waals surface area contributed by atoms with Gasteiger partial charge >= 0.3 is 0 Å². The third-order valence-electron chi connectivity index (χ3n) is 3.76. The number of azo groups is 1. The average molecular weight is 360 g/mol. The Labute approximate surface area is 158 Å². The Kier molecular flexibility index (Phi) is 6.14. The summed E-state index contributed by atoms with van der Waals surface area (Å²) in [5, 5.41) is 13.1. The highest BCUT2D eigenvalue weighted by Crippen LogP contribution is 2.27. The van der Waals surface area contributed by atoms with Crippen LogP contribution in [-0.2, 0) is 0 Å². The van der Waals surface area contributed by atoms with E-state index in [9.17, 15) is 0 Å². The van der Waals surface area contributed by atoms with Crippen molar-refractivity contribution in [2.75, 3.05) is 19.6 Å². The molecule has 0 radical (unpaired) electrons. The highest BCUT2D eigenvalue weighted by molar-refractivity contribution is 5.99. The lowest BCUT2D eigenvalue weighted by Gasteiger charge is -2.08. The van der Waals surface area contributed by atoms with Crippen molar-refractivity contribution in [1.29, 1.82) is 0 Å². The number of para-hydroxylation sites is 3. The van der Waals surface area contributed by atoms with Crippen molar-refractivity contribution in [2.24, 2.45) is 15.3 Å². The van der Waals surface area contributed by atoms with Gasteiger partial charge in [0.15, 0.2) is 0 Å². The molecule has 3 rings (SSSR count). The smallest absolute Gasteiger partial charge is 0.201 e. The molecular formula is C21H20N4O2. The second kappa shape index (κ2) is 9.15. The van der Waals surface area contributed by atoms with E-state index in [4.69, 9.17) is 9.47 Å². The molecule has 27 heavy (non-hydrogen) atoms. The molecule has 6 heteroatoms.